The lowest BCUT2D eigenvalue weighted by Gasteiger charge is -2.27. The van der Waals surface area contributed by atoms with Crippen molar-refractivity contribution in [1.82, 2.24) is 0 Å². The molecular weight excluding hydrogens is 654 g/mol. The molecule has 0 unspecified atom stereocenters. The molecule has 2 aromatic rings. The van der Waals surface area contributed by atoms with Crippen LogP contribution in [-0.2, 0) is 30.3 Å². The molecule has 0 saturated carbocycles. The van der Waals surface area contributed by atoms with Gasteiger partial charge in [0, 0.05) is 51.6 Å². The van der Waals surface area contributed by atoms with Gasteiger partial charge in [0.2, 0.25) is 0 Å². The van der Waals surface area contributed by atoms with Crippen LogP contribution in [0.4, 0.5) is 5.69 Å². The molecule has 0 saturated heterocycles. The van der Waals surface area contributed by atoms with Crippen LogP contribution in [0.15, 0.2) is 100 Å². The Bertz CT molecular complexity index is 1750. The highest BCUT2D eigenvalue weighted by Gasteiger charge is 2.39. The van der Waals surface area contributed by atoms with E-state index in [1.54, 1.807) is 0 Å². The van der Waals surface area contributed by atoms with Crippen molar-refractivity contribution in [2.24, 2.45) is 0 Å². The summed E-state index contributed by atoms with van der Waals surface area (Å²) in [7, 11) is -4.04. The summed E-state index contributed by atoms with van der Waals surface area (Å²) >= 11 is 8.22. The number of para-hydroxylation sites is 1. The predicted molar refractivity (Wildman–Crippen MR) is 193 cm³/mol. The third-order valence-electron chi connectivity index (χ3n) is 9.59. The average Bonchev–Trinajstić information content (AvgIpc) is 3.38. The van der Waals surface area contributed by atoms with E-state index < -0.39 is 10.1 Å². The maximum atomic E-state index is 11.5. The van der Waals surface area contributed by atoms with E-state index in [1.807, 2.05) is 12.1 Å². The molecule has 2 aliphatic carbocycles. The van der Waals surface area contributed by atoms with Crippen molar-refractivity contribution in [2.75, 3.05) is 23.0 Å². The number of benzene rings is 2. The average molecular weight is 698 g/mol. The van der Waals surface area contributed by atoms with Crippen LogP contribution < -0.4 is 4.90 Å². The fourth-order valence-electron chi connectivity index (χ4n) is 7.26. The van der Waals surface area contributed by atoms with E-state index in [0.717, 1.165) is 71.7 Å². The van der Waals surface area contributed by atoms with Crippen LogP contribution in [0.25, 0.3) is 5.57 Å². The Morgan fingerprint density at radius 2 is 1.68 bits per heavy atom. The first-order valence-corrected chi connectivity index (χ1v) is 19.0. The van der Waals surface area contributed by atoms with E-state index in [9.17, 15) is 13.0 Å². The highest BCUT2D eigenvalue weighted by Crippen LogP contribution is 2.50. The molecule has 3 aliphatic rings. The SMILES string of the molecule is CC1(C)C(/C=C/C2=C(Cl)C(=C/C=C3\N(CCCS(=O)(=O)O)c4ccccc4C3(C)C)CCC2)=C(CCCSOOO)c2ccccc21. The summed E-state index contributed by atoms with van der Waals surface area (Å²) < 4.78 is 36.8. The Labute approximate surface area is 288 Å². The van der Waals surface area contributed by atoms with Crippen molar-refractivity contribution in [3.05, 3.63) is 117 Å². The van der Waals surface area contributed by atoms with E-state index >= 15 is 0 Å². The van der Waals surface area contributed by atoms with Gasteiger partial charge < -0.3 is 4.90 Å². The Morgan fingerprint density at radius 1 is 0.957 bits per heavy atom. The highest BCUT2D eigenvalue weighted by atomic mass is 35.5. The number of allylic oxidation sites excluding steroid dienone is 10. The highest BCUT2D eigenvalue weighted by molar-refractivity contribution is 7.94. The van der Waals surface area contributed by atoms with Crippen LogP contribution in [0, 0.1) is 0 Å². The van der Waals surface area contributed by atoms with Crippen molar-refractivity contribution in [2.45, 2.75) is 77.0 Å². The normalized spacial score (nSPS) is 20.6. The first kappa shape index (κ1) is 35.7. The number of hydrogen-bond acceptors (Lipinski definition) is 7. The van der Waals surface area contributed by atoms with Gasteiger partial charge in [0.1, 0.15) is 0 Å². The first-order chi connectivity index (χ1) is 22.4. The summed E-state index contributed by atoms with van der Waals surface area (Å²) in [5, 5.41) is 13.0. The molecule has 10 heteroatoms. The van der Waals surface area contributed by atoms with Gasteiger partial charge in [-0.2, -0.15) is 8.42 Å². The van der Waals surface area contributed by atoms with E-state index in [2.05, 4.69) is 103 Å². The summed E-state index contributed by atoms with van der Waals surface area (Å²) in [6, 6.07) is 16.8. The molecule has 7 nitrogen and oxygen atoms in total. The van der Waals surface area contributed by atoms with Crippen LogP contribution >= 0.6 is 23.6 Å². The fourth-order valence-corrected chi connectivity index (χ4v) is 8.44. The largest absolute Gasteiger partial charge is 0.344 e. The molecule has 0 fully saturated rings. The Hall–Kier alpha value is -2.63. The third-order valence-corrected chi connectivity index (χ3v) is 11.5. The number of anilines is 1. The Kier molecular flexibility index (Phi) is 11.3. The zero-order valence-electron chi connectivity index (χ0n) is 27.5. The summed E-state index contributed by atoms with van der Waals surface area (Å²) in [5.74, 6) is 0.404. The molecule has 0 amide bonds. The van der Waals surface area contributed by atoms with Gasteiger partial charge in [-0.1, -0.05) is 105 Å². The lowest BCUT2D eigenvalue weighted by molar-refractivity contribution is -0.432. The number of halogens is 1. The monoisotopic (exact) mass is 697 g/mol. The minimum Gasteiger partial charge on any atom is -0.344 e. The van der Waals surface area contributed by atoms with Crippen LogP contribution in [0.2, 0.25) is 0 Å². The van der Waals surface area contributed by atoms with E-state index in [4.69, 9.17) is 16.9 Å². The van der Waals surface area contributed by atoms with Crippen LogP contribution in [-0.4, -0.2) is 36.3 Å². The van der Waals surface area contributed by atoms with Crippen molar-refractivity contribution in [3.63, 3.8) is 0 Å². The van der Waals surface area contributed by atoms with Gasteiger partial charge >= 0.3 is 0 Å². The summed E-state index contributed by atoms with van der Waals surface area (Å²) in [4.78, 5) is 2.17. The second kappa shape index (κ2) is 14.9. The number of fused-ring (bicyclic) bond motifs is 2. The number of rotatable bonds is 13. The lowest BCUT2D eigenvalue weighted by atomic mass is 9.80. The van der Waals surface area contributed by atoms with E-state index in [-0.39, 0.29) is 16.6 Å². The molecule has 0 aromatic heterocycles. The molecule has 252 valence electrons. The fraction of sp³-hybridized carbons (Fsp3) is 0.405. The van der Waals surface area contributed by atoms with Gasteiger partial charge in [0.15, 0.2) is 0 Å². The molecule has 1 heterocycles. The van der Waals surface area contributed by atoms with Crippen molar-refractivity contribution < 1.29 is 27.6 Å². The maximum absolute atomic E-state index is 11.5. The molecule has 0 bridgehead atoms. The predicted octanol–water partition coefficient (Wildman–Crippen LogP) is 9.70. The second-order valence-corrected chi connectivity index (χ2v) is 16.1. The quantitative estimate of drug-likeness (QED) is 0.0702. The van der Waals surface area contributed by atoms with Gasteiger partial charge in [-0.3, -0.25) is 4.55 Å². The summed E-state index contributed by atoms with van der Waals surface area (Å²) in [6.07, 6.45) is 13.5. The first-order valence-electron chi connectivity index (χ1n) is 16.1. The molecular formula is C37H44ClNO6S2. The van der Waals surface area contributed by atoms with Crippen molar-refractivity contribution >= 4 is 45.0 Å². The molecule has 5 rings (SSSR count). The Morgan fingerprint density at radius 3 is 2.43 bits per heavy atom. The van der Waals surface area contributed by atoms with Gasteiger partial charge in [-0.15, -0.1) is 4.33 Å². The molecule has 2 N–H and O–H groups in total. The summed E-state index contributed by atoms with van der Waals surface area (Å²) in [5.41, 5.74) is 10.3. The molecule has 47 heavy (non-hydrogen) atoms. The minimum atomic E-state index is -4.04. The molecule has 2 aromatic carbocycles. The molecule has 0 radical (unpaired) electrons. The third kappa shape index (κ3) is 7.83. The van der Waals surface area contributed by atoms with Gasteiger partial charge in [0.25, 0.3) is 10.1 Å². The van der Waals surface area contributed by atoms with Crippen LogP contribution in [0.3, 0.4) is 0 Å². The number of nitrogens with zero attached hydrogens (tertiary/aromatic N) is 1. The van der Waals surface area contributed by atoms with Crippen molar-refractivity contribution in [1.29, 1.82) is 0 Å². The summed E-state index contributed by atoms with van der Waals surface area (Å²) in [6.45, 7) is 9.39. The second-order valence-electron chi connectivity index (χ2n) is 13.3. The van der Waals surface area contributed by atoms with Crippen LogP contribution in [0.1, 0.15) is 82.9 Å². The van der Waals surface area contributed by atoms with Crippen LogP contribution in [0.5, 0.6) is 0 Å². The smallest absolute Gasteiger partial charge is 0.264 e. The van der Waals surface area contributed by atoms with Gasteiger partial charge in [0.05, 0.1) is 5.75 Å². The zero-order chi connectivity index (χ0) is 33.8. The molecule has 1 aliphatic heterocycles. The van der Waals surface area contributed by atoms with E-state index in [0.29, 0.717) is 18.7 Å². The Balaban J connectivity index is 1.44. The number of hydrogen-bond donors (Lipinski definition) is 2. The van der Waals surface area contributed by atoms with Gasteiger partial charge in [-0.05, 0) is 89.7 Å². The topological polar surface area (TPSA) is 96.3 Å². The standard InChI is InChI=1S/C37H44ClNO6S2/c1-36(2)30-16-6-5-14-28(30)29(15-10-24-46-45-44-40)31(36)21-19-26-12-9-13-27(35(26)38)20-22-34-37(3,4)32-17-7-8-18-33(32)39(34)23-11-25-47(41,42)43/h5-8,14,16-22,40H,9-13,15,23-25H2,1-4H3,(H,41,42,43)/b21-19+,27-20?,34-22-. The van der Waals surface area contributed by atoms with E-state index in [1.165, 1.54) is 27.8 Å². The van der Waals surface area contributed by atoms with Crippen molar-refractivity contribution in [3.8, 4) is 0 Å². The molecule has 0 atom stereocenters. The van der Waals surface area contributed by atoms with Gasteiger partial charge in [-0.25, -0.2) is 5.26 Å². The zero-order valence-corrected chi connectivity index (χ0v) is 29.9. The molecule has 0 spiro atoms. The maximum Gasteiger partial charge on any atom is 0.264 e. The minimum absolute atomic E-state index is 0.160. The lowest BCUT2D eigenvalue weighted by Crippen LogP contribution is -2.28.